The van der Waals surface area contributed by atoms with Crippen molar-refractivity contribution in [1.82, 2.24) is 10.6 Å². The van der Waals surface area contributed by atoms with Crippen molar-refractivity contribution in [3.63, 3.8) is 0 Å². The van der Waals surface area contributed by atoms with Gasteiger partial charge in [0.1, 0.15) is 5.75 Å². The van der Waals surface area contributed by atoms with E-state index in [1.165, 1.54) is 18.9 Å². The van der Waals surface area contributed by atoms with Crippen LogP contribution in [0.3, 0.4) is 0 Å². The molecule has 1 saturated carbocycles. The largest absolute Gasteiger partial charge is 0.508 e. The second-order valence-electron chi connectivity index (χ2n) is 4.48. The van der Waals surface area contributed by atoms with Gasteiger partial charge in [0.2, 0.25) is 0 Å². The number of amides is 1. The van der Waals surface area contributed by atoms with Crippen molar-refractivity contribution >= 4 is 5.91 Å². The fraction of sp³-hybridized carbons (Fsp3) is 0.462. The van der Waals surface area contributed by atoms with E-state index in [9.17, 15) is 9.90 Å². The highest BCUT2D eigenvalue weighted by atomic mass is 16.3. The summed E-state index contributed by atoms with van der Waals surface area (Å²) >= 11 is 0. The Labute approximate surface area is 101 Å². The molecule has 0 heterocycles. The molecule has 3 N–H and O–H groups in total. The number of rotatable bonds is 5. The quantitative estimate of drug-likeness (QED) is 0.670. The second-order valence-corrected chi connectivity index (χ2v) is 4.48. The number of aryl methyl sites for hydroxylation is 1. The zero-order chi connectivity index (χ0) is 12.3. The Bertz CT molecular complexity index is 414. The summed E-state index contributed by atoms with van der Waals surface area (Å²) in [7, 11) is 0. The lowest BCUT2D eigenvalue weighted by molar-refractivity contribution is 0.0953. The topological polar surface area (TPSA) is 61.4 Å². The molecule has 4 heteroatoms. The number of phenols is 1. The van der Waals surface area contributed by atoms with Gasteiger partial charge < -0.3 is 15.7 Å². The zero-order valence-corrected chi connectivity index (χ0v) is 9.99. The smallest absolute Gasteiger partial charge is 0.251 e. The monoisotopic (exact) mass is 234 g/mol. The van der Waals surface area contributed by atoms with E-state index < -0.39 is 0 Å². The van der Waals surface area contributed by atoms with E-state index in [4.69, 9.17) is 0 Å². The van der Waals surface area contributed by atoms with Crippen LogP contribution in [0.4, 0.5) is 0 Å². The van der Waals surface area contributed by atoms with Crippen LogP contribution in [0.25, 0.3) is 0 Å². The number of nitrogens with one attached hydrogen (secondary N) is 2. The van der Waals surface area contributed by atoms with Gasteiger partial charge in [-0.1, -0.05) is 0 Å². The summed E-state index contributed by atoms with van der Waals surface area (Å²) in [4.78, 5) is 11.8. The molecule has 1 amide bonds. The predicted molar refractivity (Wildman–Crippen MR) is 66.2 cm³/mol. The van der Waals surface area contributed by atoms with Crippen LogP contribution in [0.1, 0.15) is 28.8 Å². The lowest BCUT2D eigenvalue weighted by Crippen LogP contribution is -2.32. The van der Waals surface area contributed by atoms with Crippen molar-refractivity contribution in [3.05, 3.63) is 29.3 Å². The third-order valence-corrected chi connectivity index (χ3v) is 2.88. The Morgan fingerprint density at radius 1 is 1.41 bits per heavy atom. The zero-order valence-electron chi connectivity index (χ0n) is 9.99. The molecule has 0 spiro atoms. The van der Waals surface area contributed by atoms with Crippen molar-refractivity contribution < 1.29 is 9.90 Å². The molecule has 1 aliphatic rings. The number of phenolic OH excluding ortho intramolecular Hbond substituents is 1. The minimum atomic E-state index is -0.0832. The highest BCUT2D eigenvalue weighted by Crippen LogP contribution is 2.18. The van der Waals surface area contributed by atoms with Crippen LogP contribution in [0, 0.1) is 6.92 Å². The average molecular weight is 234 g/mol. The molecule has 0 atom stereocenters. The minimum Gasteiger partial charge on any atom is -0.508 e. The molecule has 1 aromatic carbocycles. The number of aromatic hydroxyl groups is 1. The fourth-order valence-corrected chi connectivity index (χ4v) is 1.74. The van der Waals surface area contributed by atoms with Gasteiger partial charge in [0, 0.05) is 24.7 Å². The highest BCUT2D eigenvalue weighted by Gasteiger charge is 2.19. The van der Waals surface area contributed by atoms with E-state index in [1.807, 2.05) is 6.92 Å². The summed E-state index contributed by atoms with van der Waals surface area (Å²) < 4.78 is 0. The second kappa shape index (κ2) is 5.19. The number of carbonyl (C=O) groups excluding carboxylic acids is 1. The Balaban J connectivity index is 1.81. The molecule has 0 saturated heterocycles. The number of carbonyl (C=O) groups is 1. The van der Waals surface area contributed by atoms with Crippen molar-refractivity contribution in [2.75, 3.05) is 13.1 Å². The molecular formula is C13H18N2O2. The van der Waals surface area contributed by atoms with Crippen LogP contribution in [0.5, 0.6) is 5.75 Å². The van der Waals surface area contributed by atoms with Crippen LogP contribution in [0.2, 0.25) is 0 Å². The summed E-state index contributed by atoms with van der Waals surface area (Å²) in [6.07, 6.45) is 2.51. The Morgan fingerprint density at radius 3 is 2.82 bits per heavy atom. The Hall–Kier alpha value is -1.55. The Kier molecular flexibility index (Phi) is 3.64. The lowest BCUT2D eigenvalue weighted by atomic mass is 10.1. The van der Waals surface area contributed by atoms with E-state index in [-0.39, 0.29) is 11.7 Å². The maximum absolute atomic E-state index is 11.8. The van der Waals surface area contributed by atoms with Crippen LogP contribution in [-0.2, 0) is 0 Å². The first kappa shape index (κ1) is 11.9. The summed E-state index contributed by atoms with van der Waals surface area (Å²) in [5.74, 6) is 0.106. The van der Waals surface area contributed by atoms with Gasteiger partial charge in [0.15, 0.2) is 0 Å². The molecule has 2 rings (SSSR count). The van der Waals surface area contributed by atoms with Crippen molar-refractivity contribution in [1.29, 1.82) is 0 Å². The van der Waals surface area contributed by atoms with Gasteiger partial charge in [-0.25, -0.2) is 0 Å². The van der Waals surface area contributed by atoms with Crippen molar-refractivity contribution in [3.8, 4) is 5.75 Å². The Morgan fingerprint density at radius 2 is 2.18 bits per heavy atom. The van der Waals surface area contributed by atoms with E-state index in [0.717, 1.165) is 12.1 Å². The van der Waals surface area contributed by atoms with Crippen LogP contribution < -0.4 is 10.6 Å². The molecule has 1 aliphatic carbocycles. The summed E-state index contributed by atoms with van der Waals surface area (Å²) in [5, 5.41) is 15.5. The van der Waals surface area contributed by atoms with Crippen molar-refractivity contribution in [2.24, 2.45) is 0 Å². The average Bonchev–Trinajstić information content (AvgIpc) is 3.08. The van der Waals surface area contributed by atoms with Crippen LogP contribution >= 0.6 is 0 Å². The first-order valence-electron chi connectivity index (χ1n) is 5.98. The first-order chi connectivity index (χ1) is 8.16. The number of hydrogen-bond acceptors (Lipinski definition) is 3. The molecular weight excluding hydrogens is 216 g/mol. The SMILES string of the molecule is Cc1cc(O)ccc1C(=O)NCCNC1CC1. The maximum atomic E-state index is 11.8. The summed E-state index contributed by atoms with van der Waals surface area (Å²) in [5.41, 5.74) is 1.41. The molecule has 0 aromatic heterocycles. The molecule has 1 aromatic rings. The number of hydrogen-bond donors (Lipinski definition) is 3. The third-order valence-electron chi connectivity index (χ3n) is 2.88. The molecule has 0 unspecified atom stereocenters. The van der Waals surface area contributed by atoms with Gasteiger partial charge in [0.05, 0.1) is 0 Å². The van der Waals surface area contributed by atoms with Gasteiger partial charge in [-0.2, -0.15) is 0 Å². The minimum absolute atomic E-state index is 0.0832. The molecule has 17 heavy (non-hydrogen) atoms. The third kappa shape index (κ3) is 3.46. The maximum Gasteiger partial charge on any atom is 0.251 e. The first-order valence-corrected chi connectivity index (χ1v) is 5.98. The molecule has 1 fully saturated rings. The standard InChI is InChI=1S/C13H18N2O2/c1-9-8-11(16)4-5-12(9)13(17)15-7-6-14-10-2-3-10/h4-5,8,10,14,16H,2-3,6-7H2,1H3,(H,15,17). The summed E-state index contributed by atoms with van der Waals surface area (Å²) in [6.45, 7) is 3.26. The van der Waals surface area contributed by atoms with Gasteiger partial charge in [0.25, 0.3) is 5.91 Å². The molecule has 92 valence electrons. The van der Waals surface area contributed by atoms with Gasteiger partial charge in [-0.3, -0.25) is 4.79 Å². The van der Waals surface area contributed by atoms with Crippen LogP contribution in [0.15, 0.2) is 18.2 Å². The van der Waals surface area contributed by atoms with Crippen LogP contribution in [-0.4, -0.2) is 30.1 Å². The lowest BCUT2D eigenvalue weighted by Gasteiger charge is -2.08. The van der Waals surface area contributed by atoms with E-state index in [1.54, 1.807) is 12.1 Å². The summed E-state index contributed by atoms with van der Waals surface area (Å²) in [6, 6.07) is 5.44. The number of benzene rings is 1. The highest BCUT2D eigenvalue weighted by molar-refractivity contribution is 5.95. The fourth-order valence-electron chi connectivity index (χ4n) is 1.74. The van der Waals surface area contributed by atoms with Gasteiger partial charge >= 0.3 is 0 Å². The molecule has 0 radical (unpaired) electrons. The van der Waals surface area contributed by atoms with Gasteiger partial charge in [-0.15, -0.1) is 0 Å². The molecule has 0 aliphatic heterocycles. The molecule has 0 bridgehead atoms. The predicted octanol–water partition coefficient (Wildman–Crippen LogP) is 1.18. The molecule has 4 nitrogen and oxygen atoms in total. The van der Waals surface area contributed by atoms with E-state index in [0.29, 0.717) is 18.2 Å². The van der Waals surface area contributed by atoms with Gasteiger partial charge in [-0.05, 0) is 43.5 Å². The normalized spacial score (nSPS) is 14.6. The van der Waals surface area contributed by atoms with E-state index in [2.05, 4.69) is 10.6 Å². The van der Waals surface area contributed by atoms with Crippen molar-refractivity contribution in [2.45, 2.75) is 25.8 Å². The van der Waals surface area contributed by atoms with E-state index >= 15 is 0 Å².